The Morgan fingerprint density at radius 1 is 0.444 bits per heavy atom. The fraction of sp³-hybridized carbons (Fsp3) is 1.00. The van der Waals surface area contributed by atoms with E-state index in [1.807, 2.05) is 0 Å². The van der Waals surface area contributed by atoms with Crippen molar-refractivity contribution in [3.8, 4) is 0 Å². The molecule has 164 valence electrons. The van der Waals surface area contributed by atoms with Crippen LogP contribution in [0, 0.1) is 0 Å². The third kappa shape index (κ3) is 6.68. The third-order valence-electron chi connectivity index (χ3n) is 3.35. The molecule has 0 fully saturated rings. The molecule has 0 bridgehead atoms. The molecule has 0 heterocycles. The van der Waals surface area contributed by atoms with Crippen LogP contribution >= 0.6 is 0 Å². The summed E-state index contributed by atoms with van der Waals surface area (Å²) in [5, 5.41) is 9.65. The van der Waals surface area contributed by atoms with Gasteiger partial charge in [0.15, 0.2) is 0 Å². The van der Waals surface area contributed by atoms with Gasteiger partial charge in [-0.2, -0.15) is 0 Å². The van der Waals surface area contributed by atoms with Crippen LogP contribution < -0.4 is 0 Å². The van der Waals surface area contributed by atoms with Gasteiger partial charge in [-0.1, -0.05) is 0 Å². The van der Waals surface area contributed by atoms with Crippen LogP contribution in [0.15, 0.2) is 0 Å². The van der Waals surface area contributed by atoms with Crippen LogP contribution in [0.4, 0.5) is 0 Å². The summed E-state index contributed by atoms with van der Waals surface area (Å²) >= 11 is 0. The first kappa shape index (κ1) is 27.3. The van der Waals surface area contributed by atoms with Gasteiger partial charge in [0.25, 0.3) is 0 Å². The van der Waals surface area contributed by atoms with E-state index >= 15 is 0 Å². The molecule has 0 saturated carbocycles. The second-order valence-electron chi connectivity index (χ2n) is 4.48. The smallest absolute Gasteiger partial charge is 0.392 e. The van der Waals surface area contributed by atoms with Gasteiger partial charge in [0.2, 0.25) is 0 Å². The standard InChI is InChI=1S/C10H30O13Si4/c1-12-24(10-11,13-2)21-26(17-6,18-7)23-27(19-8,20-9)22-25(14-3,15-4)16-5/h11H,10H2,1-9H3. The molecule has 1 N–H and O–H groups in total. The second kappa shape index (κ2) is 12.1. The fourth-order valence-corrected chi connectivity index (χ4v) is 12.6. The lowest BCUT2D eigenvalue weighted by molar-refractivity contribution is -0.0472. The molecule has 0 saturated heterocycles. The minimum Gasteiger partial charge on any atom is -0.392 e. The Balaban J connectivity index is 5.93. The van der Waals surface area contributed by atoms with Gasteiger partial charge in [-0.15, -0.1) is 0 Å². The SMILES string of the molecule is CO[Si](CO)(OC)O[Si](OC)(OC)O[Si](OC)(OC)O[Si](OC)(OC)OC. The van der Waals surface area contributed by atoms with E-state index in [0.717, 1.165) is 0 Å². The molecule has 0 aliphatic heterocycles. The van der Waals surface area contributed by atoms with E-state index in [9.17, 15) is 5.11 Å². The van der Waals surface area contributed by atoms with Crippen LogP contribution in [0.3, 0.4) is 0 Å². The van der Waals surface area contributed by atoms with Crippen molar-refractivity contribution in [2.45, 2.75) is 0 Å². The molecule has 0 spiro atoms. The predicted molar refractivity (Wildman–Crippen MR) is 96.4 cm³/mol. The normalized spacial score (nSPS) is 14.0. The van der Waals surface area contributed by atoms with Crippen LogP contribution in [0.1, 0.15) is 0 Å². The maximum atomic E-state index is 9.65. The molecule has 0 atom stereocenters. The molecule has 0 radical (unpaired) electrons. The average molecular weight is 471 g/mol. The lowest BCUT2D eigenvalue weighted by Crippen LogP contribution is -2.69. The summed E-state index contributed by atoms with van der Waals surface area (Å²) in [5.41, 5.74) is 0. The van der Waals surface area contributed by atoms with Crippen molar-refractivity contribution in [2.75, 3.05) is 70.2 Å². The van der Waals surface area contributed by atoms with E-state index in [-0.39, 0.29) is 0 Å². The van der Waals surface area contributed by atoms with Gasteiger partial charge in [0.05, 0.1) is 0 Å². The lowest BCUT2D eigenvalue weighted by atomic mass is 11.7. The zero-order valence-electron chi connectivity index (χ0n) is 17.1. The molecule has 0 rings (SSSR count). The van der Waals surface area contributed by atoms with Crippen molar-refractivity contribution < 1.29 is 57.3 Å². The molecule has 17 heteroatoms. The van der Waals surface area contributed by atoms with Crippen molar-refractivity contribution in [3.05, 3.63) is 0 Å². The summed E-state index contributed by atoms with van der Waals surface area (Å²) in [6, 6.07) is 0. The number of hydrogen-bond donors (Lipinski definition) is 1. The molecular formula is C10H30O13Si4. The highest BCUT2D eigenvalue weighted by Crippen LogP contribution is 2.27. The summed E-state index contributed by atoms with van der Waals surface area (Å²) in [6.45, 7) is 0. The van der Waals surface area contributed by atoms with E-state index in [0.29, 0.717) is 0 Å². The molecular weight excluding hydrogens is 440 g/mol. The van der Waals surface area contributed by atoms with Crippen LogP contribution in [0.2, 0.25) is 0 Å². The Morgan fingerprint density at radius 2 is 0.741 bits per heavy atom. The van der Waals surface area contributed by atoms with E-state index in [1.165, 1.54) is 64.0 Å². The van der Waals surface area contributed by atoms with Gasteiger partial charge in [0, 0.05) is 64.0 Å². The van der Waals surface area contributed by atoms with Crippen LogP contribution in [0.5, 0.6) is 0 Å². The van der Waals surface area contributed by atoms with Gasteiger partial charge < -0.3 is 57.3 Å². The van der Waals surface area contributed by atoms with Crippen molar-refractivity contribution in [3.63, 3.8) is 0 Å². The Morgan fingerprint density at radius 3 is 1.00 bits per heavy atom. The van der Waals surface area contributed by atoms with E-state index < -0.39 is 42.2 Å². The van der Waals surface area contributed by atoms with Crippen LogP contribution in [-0.4, -0.2) is 111 Å². The van der Waals surface area contributed by atoms with Gasteiger partial charge in [0.1, 0.15) is 6.23 Å². The molecule has 0 aliphatic rings. The summed E-state index contributed by atoms with van der Waals surface area (Å²) in [6.07, 6.45) is -0.562. The minimum absolute atomic E-state index is 0.562. The van der Waals surface area contributed by atoms with Crippen LogP contribution in [0.25, 0.3) is 0 Å². The summed E-state index contributed by atoms with van der Waals surface area (Å²) in [4.78, 5) is 0. The van der Waals surface area contributed by atoms with Gasteiger partial charge in [-0.25, -0.2) is 0 Å². The van der Waals surface area contributed by atoms with E-state index in [4.69, 9.17) is 52.2 Å². The molecule has 0 aromatic rings. The largest absolute Gasteiger partial charge is 0.673 e. The summed E-state index contributed by atoms with van der Waals surface area (Å²) < 4.78 is 64.8. The number of rotatable bonds is 16. The Hall–Kier alpha value is 0.348. The van der Waals surface area contributed by atoms with Crippen molar-refractivity contribution in [1.29, 1.82) is 0 Å². The molecule has 0 aromatic heterocycles. The molecule has 13 nitrogen and oxygen atoms in total. The van der Waals surface area contributed by atoms with E-state index in [1.54, 1.807) is 0 Å². The fourth-order valence-electron chi connectivity index (χ4n) is 1.74. The minimum atomic E-state index is -4.06. The Bertz CT molecular complexity index is 348. The molecule has 0 aliphatic carbocycles. The number of aliphatic hydroxyl groups excluding tert-OH is 1. The quantitative estimate of drug-likeness (QED) is 0.266. The third-order valence-corrected chi connectivity index (χ3v) is 14.7. The monoisotopic (exact) mass is 470 g/mol. The number of aliphatic hydroxyl groups is 1. The first-order valence-electron chi connectivity index (χ1n) is 7.41. The maximum absolute atomic E-state index is 9.65. The summed E-state index contributed by atoms with van der Waals surface area (Å²) in [5.74, 6) is 0. The summed E-state index contributed by atoms with van der Waals surface area (Å²) in [7, 11) is -3.65. The maximum Gasteiger partial charge on any atom is 0.673 e. The number of hydrogen-bond acceptors (Lipinski definition) is 13. The van der Waals surface area contributed by atoms with E-state index in [2.05, 4.69) is 0 Å². The van der Waals surface area contributed by atoms with Crippen molar-refractivity contribution in [2.24, 2.45) is 0 Å². The Labute approximate surface area is 164 Å². The molecule has 0 unspecified atom stereocenters. The first-order valence-corrected chi connectivity index (χ1v) is 14.2. The van der Waals surface area contributed by atoms with Gasteiger partial charge in [-0.3, -0.25) is 0 Å². The van der Waals surface area contributed by atoms with Crippen molar-refractivity contribution >= 4 is 35.9 Å². The van der Waals surface area contributed by atoms with Crippen LogP contribution in [-0.2, 0) is 52.2 Å². The zero-order chi connectivity index (χ0) is 21.2. The molecule has 0 aromatic carbocycles. The Kier molecular flexibility index (Phi) is 12.3. The van der Waals surface area contributed by atoms with Crippen molar-refractivity contribution in [1.82, 2.24) is 0 Å². The highest BCUT2D eigenvalue weighted by atomic mass is 28.5. The lowest BCUT2D eigenvalue weighted by Gasteiger charge is -2.38. The highest BCUT2D eigenvalue weighted by molar-refractivity contribution is 6.78. The molecule has 27 heavy (non-hydrogen) atoms. The average Bonchev–Trinajstić information content (AvgIpc) is 2.74. The van der Waals surface area contributed by atoms with Gasteiger partial charge >= 0.3 is 35.9 Å². The predicted octanol–water partition coefficient (Wildman–Crippen LogP) is -1.37. The first-order chi connectivity index (χ1) is 12.7. The van der Waals surface area contributed by atoms with Gasteiger partial charge in [-0.05, 0) is 0 Å². The molecule has 0 amide bonds. The topological polar surface area (TPSA) is 131 Å². The zero-order valence-corrected chi connectivity index (χ0v) is 21.1. The highest BCUT2D eigenvalue weighted by Gasteiger charge is 2.66. The second-order valence-corrected chi connectivity index (χ2v) is 15.3.